The van der Waals surface area contributed by atoms with Gasteiger partial charge in [0.2, 0.25) is 5.89 Å². The molecular weight excluding hydrogens is 366 g/mol. The molecule has 9 heteroatoms. The van der Waals surface area contributed by atoms with E-state index >= 15 is 0 Å². The van der Waals surface area contributed by atoms with E-state index in [2.05, 4.69) is 38.5 Å². The van der Waals surface area contributed by atoms with Gasteiger partial charge in [0.15, 0.2) is 10.2 Å². The molecule has 3 aromatic rings. The van der Waals surface area contributed by atoms with Gasteiger partial charge in [0, 0.05) is 19.6 Å². The van der Waals surface area contributed by atoms with Gasteiger partial charge in [-0.2, -0.15) is 4.98 Å². The number of para-hydroxylation sites is 1. The molecule has 0 aliphatic carbocycles. The number of hydrogen-bond acceptors (Lipinski definition) is 8. The van der Waals surface area contributed by atoms with Gasteiger partial charge in [-0.05, 0) is 19.2 Å². The van der Waals surface area contributed by atoms with Crippen LogP contribution in [0.4, 0.5) is 0 Å². The number of benzene rings is 1. The van der Waals surface area contributed by atoms with Crippen LogP contribution in [0.3, 0.4) is 0 Å². The predicted molar refractivity (Wildman–Crippen MR) is 99.0 cm³/mol. The molecule has 3 heterocycles. The number of fused-ring (bicyclic) bond motifs is 1. The summed E-state index contributed by atoms with van der Waals surface area (Å²) in [7, 11) is 2.09. The van der Waals surface area contributed by atoms with E-state index in [1.807, 2.05) is 18.2 Å². The van der Waals surface area contributed by atoms with Crippen LogP contribution in [0.15, 0.2) is 33.1 Å². The maximum Gasteiger partial charge on any atom is 0.237 e. The molecular formula is C15H18ClN5OS2. The fourth-order valence-electron chi connectivity index (χ4n) is 2.59. The van der Waals surface area contributed by atoms with Gasteiger partial charge >= 0.3 is 0 Å². The third kappa shape index (κ3) is 3.73. The van der Waals surface area contributed by atoms with Gasteiger partial charge in [0.05, 0.1) is 22.0 Å². The molecule has 1 N–H and O–H groups in total. The lowest BCUT2D eigenvalue weighted by atomic mass is 10.2. The molecule has 24 heavy (non-hydrogen) atoms. The first-order valence-electron chi connectivity index (χ1n) is 7.51. The Hall–Kier alpha value is -1.19. The SMILES string of the molecule is CN1CCNCC1c1noc(CSc2nc3ccccc3s2)n1.Cl. The zero-order valence-corrected chi connectivity index (χ0v) is 15.6. The van der Waals surface area contributed by atoms with Crippen LogP contribution in [-0.4, -0.2) is 46.7 Å². The zero-order chi connectivity index (χ0) is 15.6. The van der Waals surface area contributed by atoms with Gasteiger partial charge in [-0.1, -0.05) is 29.1 Å². The summed E-state index contributed by atoms with van der Waals surface area (Å²) in [6, 6.07) is 8.36. The normalized spacial score (nSPS) is 18.6. The second kappa shape index (κ2) is 7.79. The Morgan fingerprint density at radius 1 is 1.38 bits per heavy atom. The fourth-order valence-corrected chi connectivity index (χ4v) is 4.50. The smallest absolute Gasteiger partial charge is 0.237 e. The quantitative estimate of drug-likeness (QED) is 0.694. The molecule has 1 saturated heterocycles. The molecule has 0 radical (unpaired) electrons. The van der Waals surface area contributed by atoms with Crippen molar-refractivity contribution in [2.24, 2.45) is 0 Å². The van der Waals surface area contributed by atoms with Crippen LogP contribution in [0.5, 0.6) is 0 Å². The van der Waals surface area contributed by atoms with Crippen molar-refractivity contribution in [1.29, 1.82) is 0 Å². The lowest BCUT2D eigenvalue weighted by Gasteiger charge is -2.30. The monoisotopic (exact) mass is 383 g/mol. The number of nitrogens with zero attached hydrogens (tertiary/aromatic N) is 4. The zero-order valence-electron chi connectivity index (χ0n) is 13.1. The van der Waals surface area contributed by atoms with Gasteiger partial charge in [0.25, 0.3) is 0 Å². The van der Waals surface area contributed by atoms with Gasteiger partial charge in [-0.25, -0.2) is 4.98 Å². The van der Waals surface area contributed by atoms with E-state index in [1.165, 1.54) is 4.70 Å². The molecule has 1 aliphatic rings. The Balaban J connectivity index is 0.00000169. The number of halogens is 1. The Morgan fingerprint density at radius 2 is 2.25 bits per heavy atom. The summed E-state index contributed by atoms with van der Waals surface area (Å²) >= 11 is 3.34. The summed E-state index contributed by atoms with van der Waals surface area (Å²) in [5.74, 6) is 2.07. The van der Waals surface area contributed by atoms with Gasteiger partial charge in [-0.15, -0.1) is 23.7 Å². The van der Waals surface area contributed by atoms with Crippen LogP contribution in [0.2, 0.25) is 0 Å². The summed E-state index contributed by atoms with van der Waals surface area (Å²) < 4.78 is 7.64. The van der Waals surface area contributed by atoms with E-state index in [0.717, 1.165) is 35.3 Å². The second-order valence-electron chi connectivity index (χ2n) is 5.48. The number of aromatic nitrogens is 3. The van der Waals surface area contributed by atoms with E-state index in [4.69, 9.17) is 4.52 Å². The van der Waals surface area contributed by atoms with Crippen molar-refractivity contribution in [3.63, 3.8) is 0 Å². The topological polar surface area (TPSA) is 67.1 Å². The van der Waals surface area contributed by atoms with Crippen molar-refractivity contribution in [3.8, 4) is 0 Å². The first-order chi connectivity index (χ1) is 11.3. The molecule has 2 aromatic heterocycles. The van der Waals surface area contributed by atoms with Gasteiger partial charge in [0.1, 0.15) is 0 Å². The van der Waals surface area contributed by atoms with E-state index in [1.54, 1.807) is 23.1 Å². The Morgan fingerprint density at radius 3 is 3.08 bits per heavy atom. The minimum absolute atomic E-state index is 0. The van der Waals surface area contributed by atoms with Crippen LogP contribution in [0.25, 0.3) is 10.2 Å². The minimum Gasteiger partial charge on any atom is -0.338 e. The number of likely N-dealkylation sites (N-methyl/N-ethyl adjacent to an activating group) is 1. The average Bonchev–Trinajstić information content (AvgIpc) is 3.19. The predicted octanol–water partition coefficient (Wildman–Crippen LogP) is 2.97. The summed E-state index contributed by atoms with van der Waals surface area (Å²) in [5.41, 5.74) is 1.04. The largest absolute Gasteiger partial charge is 0.338 e. The molecule has 0 bridgehead atoms. The van der Waals surface area contributed by atoms with Crippen molar-refractivity contribution in [3.05, 3.63) is 36.0 Å². The van der Waals surface area contributed by atoms with Gasteiger partial charge in [-0.3, -0.25) is 4.90 Å². The summed E-state index contributed by atoms with van der Waals surface area (Å²) in [4.78, 5) is 11.4. The Labute approximate surface area is 154 Å². The third-order valence-electron chi connectivity index (χ3n) is 3.89. The van der Waals surface area contributed by atoms with Crippen molar-refractivity contribution >= 4 is 45.7 Å². The Bertz CT molecular complexity index is 775. The maximum absolute atomic E-state index is 5.40. The van der Waals surface area contributed by atoms with E-state index in [9.17, 15) is 0 Å². The highest BCUT2D eigenvalue weighted by atomic mass is 35.5. The van der Waals surface area contributed by atoms with Gasteiger partial charge < -0.3 is 9.84 Å². The highest BCUT2D eigenvalue weighted by molar-refractivity contribution is 8.00. The number of nitrogens with one attached hydrogen (secondary N) is 1. The number of piperazine rings is 1. The van der Waals surface area contributed by atoms with Crippen LogP contribution in [-0.2, 0) is 5.75 Å². The number of hydrogen-bond donors (Lipinski definition) is 1. The molecule has 1 atom stereocenters. The second-order valence-corrected chi connectivity index (χ2v) is 7.74. The highest BCUT2D eigenvalue weighted by Crippen LogP contribution is 2.31. The van der Waals surface area contributed by atoms with Crippen molar-refractivity contribution in [1.82, 2.24) is 25.3 Å². The molecule has 1 unspecified atom stereocenters. The third-order valence-corrected chi connectivity index (χ3v) is 6.05. The minimum atomic E-state index is 0. The lowest BCUT2D eigenvalue weighted by Crippen LogP contribution is -2.44. The first-order valence-corrected chi connectivity index (χ1v) is 9.31. The van der Waals surface area contributed by atoms with Crippen LogP contribution in [0.1, 0.15) is 17.8 Å². The molecule has 4 rings (SSSR count). The van der Waals surface area contributed by atoms with Crippen LogP contribution >= 0.6 is 35.5 Å². The Kier molecular flexibility index (Phi) is 5.72. The van der Waals surface area contributed by atoms with Crippen LogP contribution < -0.4 is 5.32 Å². The molecule has 0 saturated carbocycles. The maximum atomic E-state index is 5.40. The first kappa shape index (κ1) is 17.6. The number of rotatable bonds is 4. The molecule has 0 amide bonds. The lowest BCUT2D eigenvalue weighted by molar-refractivity contribution is 0.190. The molecule has 0 spiro atoms. The number of thioether (sulfide) groups is 1. The summed E-state index contributed by atoms with van der Waals surface area (Å²) in [6.45, 7) is 2.86. The summed E-state index contributed by atoms with van der Waals surface area (Å²) in [5, 5.41) is 7.52. The number of thiazole rings is 1. The van der Waals surface area contributed by atoms with Crippen molar-refractivity contribution < 1.29 is 4.52 Å². The molecule has 1 aromatic carbocycles. The summed E-state index contributed by atoms with van der Waals surface area (Å²) in [6.07, 6.45) is 0. The fraction of sp³-hybridized carbons (Fsp3) is 0.400. The molecule has 6 nitrogen and oxygen atoms in total. The van der Waals surface area contributed by atoms with Crippen molar-refractivity contribution in [2.75, 3.05) is 26.7 Å². The van der Waals surface area contributed by atoms with E-state index in [0.29, 0.717) is 11.6 Å². The molecule has 1 fully saturated rings. The van der Waals surface area contributed by atoms with E-state index in [-0.39, 0.29) is 18.4 Å². The van der Waals surface area contributed by atoms with Crippen LogP contribution in [0, 0.1) is 0 Å². The average molecular weight is 384 g/mol. The molecule has 1 aliphatic heterocycles. The van der Waals surface area contributed by atoms with Crippen molar-refractivity contribution in [2.45, 2.75) is 16.1 Å². The van der Waals surface area contributed by atoms with E-state index < -0.39 is 0 Å². The standard InChI is InChI=1S/C15H17N5OS2.ClH/c1-20-7-6-16-8-11(20)14-18-13(21-19-14)9-22-15-17-10-4-2-3-5-12(10)23-15;/h2-5,11,16H,6-9H2,1H3;1H. The highest BCUT2D eigenvalue weighted by Gasteiger charge is 2.25. The molecule has 128 valence electrons.